The topological polar surface area (TPSA) is 68.3 Å². The highest BCUT2D eigenvalue weighted by atomic mass is 79.9. The van der Waals surface area contributed by atoms with Crippen LogP contribution in [0.4, 0.5) is 0 Å². The van der Waals surface area contributed by atoms with Crippen molar-refractivity contribution in [3.63, 3.8) is 0 Å². The number of hydrogen-bond donors (Lipinski definition) is 1. The predicted octanol–water partition coefficient (Wildman–Crippen LogP) is 3.53. The van der Waals surface area contributed by atoms with Crippen LogP contribution in [-0.2, 0) is 9.53 Å². The van der Waals surface area contributed by atoms with Crippen LogP contribution in [0.25, 0.3) is 0 Å². The molecule has 1 atom stereocenters. The molecule has 7 heteroatoms. The van der Waals surface area contributed by atoms with Gasteiger partial charge in [-0.2, -0.15) is 0 Å². The second-order valence-corrected chi connectivity index (χ2v) is 6.10. The van der Waals surface area contributed by atoms with Gasteiger partial charge in [-0.15, -0.1) is 0 Å². The number of rotatable bonds is 5. The van der Waals surface area contributed by atoms with Gasteiger partial charge in [-0.05, 0) is 39.7 Å². The van der Waals surface area contributed by atoms with Crippen LogP contribution in [0.2, 0.25) is 5.02 Å². The summed E-state index contributed by atoms with van der Waals surface area (Å²) in [5.41, 5.74) is 1.15. The molecule has 1 heterocycles. The number of benzene rings is 1. The van der Waals surface area contributed by atoms with Crippen LogP contribution in [0.15, 0.2) is 47.2 Å². The monoisotopic (exact) mass is 396 g/mol. The lowest BCUT2D eigenvalue weighted by atomic mass is 10.0. The summed E-state index contributed by atoms with van der Waals surface area (Å²) in [7, 11) is 1.31. The van der Waals surface area contributed by atoms with E-state index < -0.39 is 12.0 Å². The number of nitrogens with one attached hydrogen (secondary N) is 1. The number of pyridine rings is 1. The van der Waals surface area contributed by atoms with Gasteiger partial charge in [0, 0.05) is 21.9 Å². The number of hydrogen-bond acceptors (Lipinski definition) is 4. The molecule has 0 aliphatic heterocycles. The van der Waals surface area contributed by atoms with Crippen molar-refractivity contribution in [2.75, 3.05) is 7.11 Å². The molecule has 0 saturated carbocycles. The van der Waals surface area contributed by atoms with Crippen molar-refractivity contribution in [3.05, 3.63) is 63.3 Å². The fourth-order valence-corrected chi connectivity index (χ4v) is 2.47. The Labute approximate surface area is 147 Å². The molecule has 0 fully saturated rings. The average Bonchev–Trinajstić information content (AvgIpc) is 2.54. The van der Waals surface area contributed by atoms with Gasteiger partial charge < -0.3 is 10.1 Å². The molecule has 2 aromatic rings. The summed E-state index contributed by atoms with van der Waals surface area (Å²) in [5, 5.41) is 3.39. The van der Waals surface area contributed by atoms with Crippen LogP contribution in [-0.4, -0.2) is 24.0 Å². The Hall–Kier alpha value is -1.92. The van der Waals surface area contributed by atoms with Crippen molar-refractivity contribution in [1.82, 2.24) is 10.3 Å². The first-order valence-corrected chi connectivity index (χ1v) is 7.90. The third-order valence-corrected chi connectivity index (χ3v) is 3.83. The van der Waals surface area contributed by atoms with Gasteiger partial charge >= 0.3 is 5.97 Å². The van der Waals surface area contributed by atoms with E-state index in [1.54, 1.807) is 36.5 Å². The predicted molar refractivity (Wildman–Crippen MR) is 90.2 cm³/mol. The van der Waals surface area contributed by atoms with Crippen molar-refractivity contribution >= 4 is 39.4 Å². The van der Waals surface area contributed by atoms with Crippen molar-refractivity contribution in [3.8, 4) is 0 Å². The summed E-state index contributed by atoms with van der Waals surface area (Å²) in [5.74, 6) is -0.750. The zero-order valence-electron chi connectivity index (χ0n) is 12.3. The molecule has 0 saturated heterocycles. The zero-order valence-corrected chi connectivity index (χ0v) is 14.6. The lowest BCUT2D eigenvalue weighted by Gasteiger charge is -2.18. The van der Waals surface area contributed by atoms with Gasteiger partial charge in [0.15, 0.2) is 0 Å². The zero-order chi connectivity index (χ0) is 16.8. The molecule has 5 nitrogen and oxygen atoms in total. The van der Waals surface area contributed by atoms with E-state index in [4.69, 9.17) is 16.3 Å². The molecule has 1 N–H and O–H groups in total. The van der Waals surface area contributed by atoms with Crippen molar-refractivity contribution in [2.45, 2.75) is 12.5 Å². The molecule has 0 bridgehead atoms. The summed E-state index contributed by atoms with van der Waals surface area (Å²) >= 11 is 9.15. The Kier molecular flexibility index (Phi) is 6.12. The molecule has 0 aliphatic rings. The van der Waals surface area contributed by atoms with Crippen molar-refractivity contribution < 1.29 is 14.3 Å². The highest BCUT2D eigenvalue weighted by Gasteiger charge is 2.20. The number of methoxy groups -OCH3 is 1. The van der Waals surface area contributed by atoms with E-state index >= 15 is 0 Å². The Morgan fingerprint density at radius 3 is 2.61 bits per heavy atom. The van der Waals surface area contributed by atoms with E-state index in [0.29, 0.717) is 15.1 Å². The Bertz CT molecular complexity index is 707. The van der Waals surface area contributed by atoms with Crippen LogP contribution < -0.4 is 5.32 Å². The number of nitrogens with zero attached hydrogens (tertiary/aromatic N) is 1. The first-order valence-electron chi connectivity index (χ1n) is 6.73. The van der Waals surface area contributed by atoms with Crippen LogP contribution in [0, 0.1) is 0 Å². The fraction of sp³-hybridized carbons (Fsp3) is 0.188. The Balaban J connectivity index is 2.21. The maximum Gasteiger partial charge on any atom is 0.307 e. The highest BCUT2D eigenvalue weighted by Crippen LogP contribution is 2.21. The second-order valence-electron chi connectivity index (χ2n) is 4.75. The summed E-state index contributed by atoms with van der Waals surface area (Å²) in [4.78, 5) is 27.9. The molecule has 0 spiro atoms. The number of halogens is 2. The van der Waals surface area contributed by atoms with Gasteiger partial charge in [-0.25, -0.2) is 0 Å². The van der Waals surface area contributed by atoms with E-state index in [1.807, 2.05) is 0 Å². The fourth-order valence-electron chi connectivity index (χ4n) is 1.97. The van der Waals surface area contributed by atoms with E-state index in [-0.39, 0.29) is 12.3 Å². The maximum atomic E-state index is 12.4. The molecular weight excluding hydrogens is 384 g/mol. The maximum absolute atomic E-state index is 12.4. The third-order valence-electron chi connectivity index (χ3n) is 3.14. The van der Waals surface area contributed by atoms with Gasteiger partial charge in [0.05, 0.1) is 25.1 Å². The lowest BCUT2D eigenvalue weighted by Crippen LogP contribution is -2.30. The molecule has 0 radical (unpaired) electrons. The third kappa shape index (κ3) is 5.04. The quantitative estimate of drug-likeness (QED) is 0.784. The number of aromatic nitrogens is 1. The Morgan fingerprint density at radius 1 is 1.30 bits per heavy atom. The number of carbonyl (C=O) groups is 2. The normalized spacial score (nSPS) is 11.6. The molecule has 1 unspecified atom stereocenters. The van der Waals surface area contributed by atoms with E-state index in [0.717, 1.165) is 5.56 Å². The summed E-state index contributed by atoms with van der Waals surface area (Å²) < 4.78 is 5.39. The molecule has 1 amide bonds. The SMILES string of the molecule is COC(=O)CC(NC(=O)c1cncc(Br)c1)c1ccc(Cl)cc1. The first kappa shape index (κ1) is 17.4. The van der Waals surface area contributed by atoms with Crippen LogP contribution in [0.1, 0.15) is 28.4 Å². The minimum atomic E-state index is -0.522. The summed E-state index contributed by atoms with van der Waals surface area (Å²) in [6, 6.07) is 8.05. The van der Waals surface area contributed by atoms with Crippen molar-refractivity contribution in [2.24, 2.45) is 0 Å². The first-order chi connectivity index (χ1) is 11.0. The number of amides is 1. The van der Waals surface area contributed by atoms with Gasteiger partial charge in [0.2, 0.25) is 0 Å². The minimum Gasteiger partial charge on any atom is -0.469 e. The molecule has 23 heavy (non-hydrogen) atoms. The number of ether oxygens (including phenoxy) is 1. The molecule has 2 rings (SSSR count). The van der Waals surface area contributed by atoms with E-state index in [2.05, 4.69) is 26.2 Å². The second kappa shape index (κ2) is 8.08. The molecule has 120 valence electrons. The highest BCUT2D eigenvalue weighted by molar-refractivity contribution is 9.10. The van der Waals surface area contributed by atoms with Gasteiger partial charge in [0.25, 0.3) is 5.91 Å². The Morgan fingerprint density at radius 2 is 2.00 bits per heavy atom. The molecule has 1 aromatic heterocycles. The standard InChI is InChI=1S/C16H14BrClN2O3/c1-23-15(21)7-14(10-2-4-13(18)5-3-10)20-16(22)11-6-12(17)9-19-8-11/h2-6,8-9,14H,7H2,1H3,(H,20,22). The van der Waals surface area contributed by atoms with Gasteiger partial charge in [-0.1, -0.05) is 23.7 Å². The van der Waals surface area contributed by atoms with Gasteiger partial charge in [0.1, 0.15) is 0 Å². The van der Waals surface area contributed by atoms with Crippen LogP contribution in [0.5, 0.6) is 0 Å². The molecular formula is C16H14BrClN2O3. The molecule has 0 aliphatic carbocycles. The minimum absolute atomic E-state index is 0.0192. The van der Waals surface area contributed by atoms with E-state index in [9.17, 15) is 9.59 Å². The number of esters is 1. The molecule has 1 aromatic carbocycles. The van der Waals surface area contributed by atoms with Crippen LogP contribution >= 0.6 is 27.5 Å². The lowest BCUT2D eigenvalue weighted by molar-refractivity contribution is -0.141. The average molecular weight is 398 g/mol. The smallest absolute Gasteiger partial charge is 0.307 e. The van der Waals surface area contributed by atoms with Crippen molar-refractivity contribution in [1.29, 1.82) is 0 Å². The van der Waals surface area contributed by atoms with Crippen LogP contribution in [0.3, 0.4) is 0 Å². The van der Waals surface area contributed by atoms with Gasteiger partial charge in [-0.3, -0.25) is 14.6 Å². The summed E-state index contributed by atoms with van der Waals surface area (Å²) in [6.45, 7) is 0. The number of carbonyl (C=O) groups excluding carboxylic acids is 2. The largest absolute Gasteiger partial charge is 0.469 e. The van der Waals surface area contributed by atoms with E-state index in [1.165, 1.54) is 13.3 Å². The summed E-state index contributed by atoms with van der Waals surface area (Å²) in [6.07, 6.45) is 3.06.